The molecule has 7 heteroatoms. The maximum Gasteiger partial charge on any atom is 0.134 e. The number of benzene rings is 2. The minimum Gasteiger partial charge on any atom is -0.383 e. The molecule has 160 valence electrons. The van der Waals surface area contributed by atoms with Gasteiger partial charge >= 0.3 is 0 Å². The van der Waals surface area contributed by atoms with Crippen LogP contribution < -0.4 is 5.73 Å². The van der Waals surface area contributed by atoms with E-state index in [1.807, 2.05) is 23.5 Å². The lowest BCUT2D eigenvalue weighted by molar-refractivity contribution is 0.0110. The number of fused-ring (bicyclic) bond motifs is 2. The zero-order chi connectivity index (χ0) is 21.6. The molecule has 5 rings (SSSR count). The third-order valence-corrected chi connectivity index (χ3v) is 7.49. The van der Waals surface area contributed by atoms with Gasteiger partial charge in [-0.15, -0.1) is 11.3 Å². The third kappa shape index (κ3) is 4.26. The van der Waals surface area contributed by atoms with E-state index in [1.165, 1.54) is 26.9 Å². The Morgan fingerprint density at radius 2 is 1.94 bits per heavy atom. The number of hydrogen-bond donors (Lipinski definition) is 1. The summed E-state index contributed by atoms with van der Waals surface area (Å²) in [4.78, 5) is 15.0. The number of nitrogen functional groups attached to an aromatic ring is 1. The fraction of sp³-hybridized carbons (Fsp3) is 0.333. The van der Waals surface area contributed by atoms with Gasteiger partial charge in [-0.1, -0.05) is 23.7 Å². The van der Waals surface area contributed by atoms with Crippen molar-refractivity contribution in [3.8, 4) is 0 Å². The molecule has 3 heterocycles. The lowest BCUT2D eigenvalue weighted by Crippen LogP contribution is -2.58. The summed E-state index contributed by atoms with van der Waals surface area (Å²) in [7, 11) is 0. The van der Waals surface area contributed by atoms with Crippen molar-refractivity contribution < 1.29 is 0 Å². The van der Waals surface area contributed by atoms with Crippen LogP contribution in [0.5, 0.6) is 0 Å². The molecule has 1 aliphatic rings. The van der Waals surface area contributed by atoms with Crippen LogP contribution in [0, 0.1) is 0 Å². The Labute approximate surface area is 191 Å². The van der Waals surface area contributed by atoms with Gasteiger partial charge in [0.1, 0.15) is 12.1 Å². The Kier molecular flexibility index (Phi) is 5.34. The number of piperazine rings is 1. The first-order valence-corrected chi connectivity index (χ1v) is 11.7. The molecular weight excluding hydrogens is 426 g/mol. The molecule has 1 aliphatic heterocycles. The van der Waals surface area contributed by atoms with Crippen molar-refractivity contribution in [1.82, 2.24) is 19.8 Å². The van der Waals surface area contributed by atoms with E-state index in [9.17, 15) is 0 Å². The lowest BCUT2D eigenvalue weighted by Gasteiger charge is -2.47. The monoisotopic (exact) mass is 451 g/mol. The predicted molar refractivity (Wildman–Crippen MR) is 131 cm³/mol. The molecule has 2 aromatic carbocycles. The Morgan fingerprint density at radius 3 is 2.77 bits per heavy atom. The SMILES string of the molecule is CC1(C)CN(Cc2ccc3c(N)ncnc3c2)CCN1Cc1cc2ccc(Cl)cc2s1. The number of thiophene rings is 1. The molecule has 0 unspecified atom stereocenters. The second-order valence-corrected chi connectivity index (χ2v) is 10.6. The largest absolute Gasteiger partial charge is 0.383 e. The quantitative estimate of drug-likeness (QED) is 0.463. The van der Waals surface area contributed by atoms with Crippen molar-refractivity contribution in [2.24, 2.45) is 0 Å². The fourth-order valence-electron chi connectivity index (χ4n) is 4.53. The van der Waals surface area contributed by atoms with Crippen LogP contribution in [0.2, 0.25) is 5.02 Å². The minimum absolute atomic E-state index is 0.0928. The van der Waals surface area contributed by atoms with Gasteiger partial charge in [-0.2, -0.15) is 0 Å². The van der Waals surface area contributed by atoms with E-state index in [-0.39, 0.29) is 5.54 Å². The Morgan fingerprint density at radius 1 is 1.06 bits per heavy atom. The normalized spacial score (nSPS) is 17.5. The van der Waals surface area contributed by atoms with Gasteiger partial charge in [-0.05, 0) is 55.1 Å². The number of hydrogen-bond acceptors (Lipinski definition) is 6. The van der Waals surface area contributed by atoms with E-state index in [1.54, 1.807) is 0 Å². The number of nitrogens with zero attached hydrogens (tertiary/aromatic N) is 4. The summed E-state index contributed by atoms with van der Waals surface area (Å²) in [5.74, 6) is 0.537. The van der Waals surface area contributed by atoms with Gasteiger partial charge in [0.25, 0.3) is 0 Å². The van der Waals surface area contributed by atoms with Crippen molar-refractivity contribution in [2.75, 3.05) is 25.4 Å². The highest BCUT2D eigenvalue weighted by Crippen LogP contribution is 2.32. The van der Waals surface area contributed by atoms with Gasteiger partial charge in [-0.3, -0.25) is 9.80 Å². The van der Waals surface area contributed by atoms with Crippen LogP contribution in [0.4, 0.5) is 5.82 Å². The summed E-state index contributed by atoms with van der Waals surface area (Å²) < 4.78 is 1.26. The maximum atomic E-state index is 6.17. The zero-order valence-corrected chi connectivity index (χ0v) is 19.4. The molecule has 0 saturated carbocycles. The molecule has 2 N–H and O–H groups in total. The number of anilines is 1. The van der Waals surface area contributed by atoms with Crippen molar-refractivity contribution in [1.29, 1.82) is 0 Å². The Balaban J connectivity index is 1.28. The molecule has 0 bridgehead atoms. The van der Waals surface area contributed by atoms with Crippen molar-refractivity contribution in [3.63, 3.8) is 0 Å². The summed E-state index contributed by atoms with van der Waals surface area (Å²) in [6, 6.07) is 14.8. The van der Waals surface area contributed by atoms with Crippen molar-refractivity contribution >= 4 is 49.7 Å². The standard InChI is InChI=1S/C24H26ClN5S/c1-24(2)14-29(12-16-3-6-20-21(9-16)27-15-28-23(20)26)7-8-30(24)13-19-10-17-4-5-18(25)11-22(17)31-19/h3-6,9-11,15H,7-8,12-14H2,1-2H3,(H2,26,27,28). The van der Waals surface area contributed by atoms with Gasteiger partial charge < -0.3 is 5.73 Å². The van der Waals surface area contributed by atoms with E-state index in [0.29, 0.717) is 5.82 Å². The van der Waals surface area contributed by atoms with E-state index < -0.39 is 0 Å². The molecule has 1 saturated heterocycles. The molecule has 1 fully saturated rings. The average molecular weight is 452 g/mol. The van der Waals surface area contributed by atoms with Crippen LogP contribution in [-0.2, 0) is 13.1 Å². The highest BCUT2D eigenvalue weighted by molar-refractivity contribution is 7.19. The molecule has 0 amide bonds. The molecule has 0 aliphatic carbocycles. The van der Waals surface area contributed by atoms with Crippen molar-refractivity contribution in [3.05, 3.63) is 64.3 Å². The lowest BCUT2D eigenvalue weighted by atomic mass is 9.98. The summed E-state index contributed by atoms with van der Waals surface area (Å²) in [6.07, 6.45) is 1.53. The van der Waals surface area contributed by atoms with E-state index in [0.717, 1.165) is 48.6 Å². The number of aromatic nitrogens is 2. The van der Waals surface area contributed by atoms with Crippen LogP contribution in [0.25, 0.3) is 21.0 Å². The first kappa shape index (κ1) is 20.6. The van der Waals surface area contributed by atoms with Gasteiger partial charge in [0, 0.05) is 58.2 Å². The van der Waals surface area contributed by atoms with Crippen LogP contribution >= 0.6 is 22.9 Å². The maximum absolute atomic E-state index is 6.17. The van der Waals surface area contributed by atoms with Crippen molar-refractivity contribution in [2.45, 2.75) is 32.5 Å². The van der Waals surface area contributed by atoms with E-state index >= 15 is 0 Å². The fourth-order valence-corrected chi connectivity index (χ4v) is 5.88. The topological polar surface area (TPSA) is 58.3 Å². The van der Waals surface area contributed by atoms with Crippen LogP contribution in [0.1, 0.15) is 24.3 Å². The predicted octanol–water partition coefficient (Wildman–Crippen LogP) is 5.18. The second-order valence-electron chi connectivity index (χ2n) is 8.95. The number of halogens is 1. The average Bonchev–Trinajstić information content (AvgIpc) is 3.11. The highest BCUT2D eigenvalue weighted by Gasteiger charge is 2.33. The summed E-state index contributed by atoms with van der Waals surface area (Å²) in [5.41, 5.74) is 8.23. The summed E-state index contributed by atoms with van der Waals surface area (Å²) in [5, 5.41) is 3.00. The van der Waals surface area contributed by atoms with Crippen LogP contribution in [-0.4, -0.2) is 44.9 Å². The number of nitrogens with two attached hydrogens (primary N) is 1. The van der Waals surface area contributed by atoms with Gasteiger partial charge in [0.2, 0.25) is 0 Å². The molecule has 2 aromatic heterocycles. The molecule has 0 radical (unpaired) electrons. The summed E-state index contributed by atoms with van der Waals surface area (Å²) >= 11 is 8.01. The van der Waals surface area contributed by atoms with E-state index in [2.05, 4.69) is 63.9 Å². The molecule has 31 heavy (non-hydrogen) atoms. The molecular formula is C24H26ClN5S. The molecule has 0 spiro atoms. The summed E-state index contributed by atoms with van der Waals surface area (Å²) in [6.45, 7) is 9.69. The smallest absolute Gasteiger partial charge is 0.134 e. The van der Waals surface area contributed by atoms with Crippen LogP contribution in [0.15, 0.2) is 48.8 Å². The zero-order valence-electron chi connectivity index (χ0n) is 17.8. The minimum atomic E-state index is 0.0928. The third-order valence-electron chi connectivity index (χ3n) is 6.17. The van der Waals surface area contributed by atoms with Crippen LogP contribution in [0.3, 0.4) is 0 Å². The number of rotatable bonds is 4. The van der Waals surface area contributed by atoms with E-state index in [4.69, 9.17) is 17.3 Å². The van der Waals surface area contributed by atoms with Gasteiger partial charge in [-0.25, -0.2) is 9.97 Å². The first-order chi connectivity index (χ1) is 14.9. The Hall–Kier alpha value is -2.25. The van der Waals surface area contributed by atoms with Gasteiger partial charge in [0.15, 0.2) is 0 Å². The molecule has 5 nitrogen and oxygen atoms in total. The van der Waals surface area contributed by atoms with Gasteiger partial charge in [0.05, 0.1) is 5.52 Å². The molecule has 4 aromatic rings. The molecule has 0 atom stereocenters. The highest BCUT2D eigenvalue weighted by atomic mass is 35.5. The second kappa shape index (κ2) is 8.02. The Bertz CT molecular complexity index is 1250. The first-order valence-electron chi connectivity index (χ1n) is 10.5.